The first-order valence-corrected chi connectivity index (χ1v) is 9.67. The van der Waals surface area contributed by atoms with E-state index < -0.39 is 0 Å². The average molecular weight is 380 g/mol. The summed E-state index contributed by atoms with van der Waals surface area (Å²) in [6.07, 6.45) is 6.52. The van der Waals surface area contributed by atoms with Crippen LogP contribution < -0.4 is 0 Å². The van der Waals surface area contributed by atoms with Gasteiger partial charge in [0, 0.05) is 38.1 Å². The molecule has 28 heavy (non-hydrogen) atoms. The summed E-state index contributed by atoms with van der Waals surface area (Å²) in [5.41, 5.74) is 1.40. The molecule has 2 bridgehead atoms. The Labute approximate surface area is 164 Å². The van der Waals surface area contributed by atoms with Crippen LogP contribution in [0.4, 0.5) is 0 Å². The molecular formula is C21H24N4O3. The van der Waals surface area contributed by atoms with Gasteiger partial charge in [0.25, 0.3) is 5.91 Å². The Bertz CT molecular complexity index is 815. The molecule has 146 valence electrons. The van der Waals surface area contributed by atoms with Gasteiger partial charge in [0.05, 0.1) is 12.8 Å². The monoisotopic (exact) mass is 380 g/mol. The Morgan fingerprint density at radius 2 is 1.93 bits per heavy atom. The maximum Gasteiger partial charge on any atom is 0.274 e. The predicted octanol–water partition coefficient (Wildman–Crippen LogP) is 1.76. The molecule has 0 unspecified atom stereocenters. The summed E-state index contributed by atoms with van der Waals surface area (Å²) in [7, 11) is 0. The Balaban J connectivity index is 1.36. The maximum absolute atomic E-state index is 12.8. The van der Waals surface area contributed by atoms with Gasteiger partial charge in [0.15, 0.2) is 0 Å². The Kier molecular flexibility index (Phi) is 5.62. The largest absolute Gasteiger partial charge is 0.367 e. The van der Waals surface area contributed by atoms with E-state index in [1.54, 1.807) is 6.20 Å². The van der Waals surface area contributed by atoms with Crippen LogP contribution in [-0.4, -0.2) is 63.9 Å². The average Bonchev–Trinajstić information content (AvgIpc) is 3.07. The SMILES string of the molecule is O=C(c1cnccn1)N1C[C@H]2CC[C@@H](C1)N(C(=O)COCc1ccccc1)C2. The molecule has 1 aromatic heterocycles. The normalized spacial score (nSPS) is 21.4. The second kappa shape index (κ2) is 8.48. The zero-order valence-corrected chi connectivity index (χ0v) is 15.7. The number of carbonyl (C=O) groups is 2. The number of ether oxygens (including phenoxy) is 1. The number of carbonyl (C=O) groups excluding carboxylic acids is 2. The molecule has 0 radical (unpaired) electrons. The third-order valence-electron chi connectivity index (χ3n) is 5.44. The molecule has 1 aromatic carbocycles. The number of hydrogen-bond donors (Lipinski definition) is 0. The number of aromatic nitrogens is 2. The van der Waals surface area contributed by atoms with Crippen LogP contribution >= 0.6 is 0 Å². The highest BCUT2D eigenvalue weighted by atomic mass is 16.5. The Morgan fingerprint density at radius 3 is 2.71 bits per heavy atom. The molecule has 0 aliphatic carbocycles. The standard InChI is InChI=1S/C21H24N4O3/c26-20(15-28-14-16-4-2-1-3-5-16)25-12-17-6-7-18(25)13-24(11-17)21(27)19-10-22-8-9-23-19/h1-5,8-10,17-18H,6-7,11-15H2/t17-,18+/m1/s1. The van der Waals surface area contributed by atoms with E-state index in [4.69, 9.17) is 4.74 Å². The molecule has 0 N–H and O–H groups in total. The van der Waals surface area contributed by atoms with E-state index in [0.717, 1.165) is 18.4 Å². The molecule has 2 atom stereocenters. The lowest BCUT2D eigenvalue weighted by atomic mass is 9.95. The van der Waals surface area contributed by atoms with Crippen molar-refractivity contribution in [3.63, 3.8) is 0 Å². The van der Waals surface area contributed by atoms with Crippen molar-refractivity contribution >= 4 is 11.8 Å². The number of rotatable bonds is 5. The first-order chi connectivity index (χ1) is 13.7. The topological polar surface area (TPSA) is 75.6 Å². The summed E-state index contributed by atoms with van der Waals surface area (Å²) in [4.78, 5) is 37.4. The summed E-state index contributed by atoms with van der Waals surface area (Å²) in [6.45, 7) is 2.36. The molecule has 4 heterocycles. The first-order valence-electron chi connectivity index (χ1n) is 9.67. The number of hydrogen-bond acceptors (Lipinski definition) is 5. The molecule has 0 spiro atoms. The quantitative estimate of drug-likeness (QED) is 0.790. The molecular weight excluding hydrogens is 356 g/mol. The van der Waals surface area contributed by atoms with Crippen LogP contribution in [0.25, 0.3) is 0 Å². The molecule has 3 fully saturated rings. The lowest BCUT2D eigenvalue weighted by Gasteiger charge is -2.36. The van der Waals surface area contributed by atoms with Crippen LogP contribution in [0.1, 0.15) is 28.9 Å². The van der Waals surface area contributed by atoms with Crippen LogP contribution in [0.15, 0.2) is 48.9 Å². The number of piperidine rings is 1. The van der Waals surface area contributed by atoms with Gasteiger partial charge >= 0.3 is 0 Å². The van der Waals surface area contributed by atoms with Crippen molar-refractivity contribution in [3.05, 3.63) is 60.2 Å². The molecule has 3 aliphatic rings. The first kappa shape index (κ1) is 18.6. The lowest BCUT2D eigenvalue weighted by Crippen LogP contribution is -2.49. The van der Waals surface area contributed by atoms with Crippen molar-refractivity contribution in [3.8, 4) is 0 Å². The minimum Gasteiger partial charge on any atom is -0.367 e. The fourth-order valence-corrected chi connectivity index (χ4v) is 4.04. The van der Waals surface area contributed by atoms with Gasteiger partial charge in [0.2, 0.25) is 5.91 Å². The predicted molar refractivity (Wildman–Crippen MR) is 102 cm³/mol. The van der Waals surface area contributed by atoms with Gasteiger partial charge in [-0.15, -0.1) is 0 Å². The Hall–Kier alpha value is -2.80. The van der Waals surface area contributed by atoms with Crippen molar-refractivity contribution in [1.82, 2.24) is 19.8 Å². The van der Waals surface area contributed by atoms with Crippen molar-refractivity contribution in [2.45, 2.75) is 25.5 Å². The van der Waals surface area contributed by atoms with Crippen molar-refractivity contribution < 1.29 is 14.3 Å². The number of fused-ring (bicyclic) bond motifs is 4. The fraction of sp³-hybridized carbons (Fsp3) is 0.429. The van der Waals surface area contributed by atoms with Crippen LogP contribution in [0, 0.1) is 5.92 Å². The van der Waals surface area contributed by atoms with E-state index in [9.17, 15) is 9.59 Å². The molecule has 7 heteroatoms. The third-order valence-corrected chi connectivity index (χ3v) is 5.44. The zero-order valence-electron chi connectivity index (χ0n) is 15.7. The van der Waals surface area contributed by atoms with Crippen LogP contribution in [0.2, 0.25) is 0 Å². The van der Waals surface area contributed by atoms with E-state index >= 15 is 0 Å². The Morgan fingerprint density at radius 1 is 1.07 bits per heavy atom. The van der Waals surface area contributed by atoms with Crippen LogP contribution in [0.3, 0.4) is 0 Å². The van der Waals surface area contributed by atoms with Gasteiger partial charge in [-0.2, -0.15) is 0 Å². The minimum atomic E-state index is -0.111. The highest BCUT2D eigenvalue weighted by Gasteiger charge is 2.38. The van der Waals surface area contributed by atoms with Gasteiger partial charge in [-0.05, 0) is 24.3 Å². The molecule has 2 aromatic rings. The van der Waals surface area contributed by atoms with E-state index in [-0.39, 0.29) is 30.4 Å². The van der Waals surface area contributed by atoms with Gasteiger partial charge in [-0.1, -0.05) is 30.3 Å². The lowest BCUT2D eigenvalue weighted by molar-refractivity contribution is -0.140. The van der Waals surface area contributed by atoms with Crippen LogP contribution in [0.5, 0.6) is 0 Å². The fourth-order valence-electron chi connectivity index (χ4n) is 4.04. The molecule has 3 saturated heterocycles. The van der Waals surface area contributed by atoms with Crippen molar-refractivity contribution in [2.75, 3.05) is 26.2 Å². The zero-order chi connectivity index (χ0) is 19.3. The van der Waals surface area contributed by atoms with Crippen molar-refractivity contribution in [2.24, 2.45) is 5.92 Å². The van der Waals surface area contributed by atoms with Gasteiger partial charge in [-0.3, -0.25) is 14.6 Å². The van der Waals surface area contributed by atoms with Gasteiger partial charge in [0.1, 0.15) is 12.3 Å². The van der Waals surface area contributed by atoms with E-state index in [1.165, 1.54) is 12.4 Å². The summed E-state index contributed by atoms with van der Waals surface area (Å²) < 4.78 is 5.64. The number of benzene rings is 1. The van der Waals surface area contributed by atoms with Gasteiger partial charge < -0.3 is 14.5 Å². The van der Waals surface area contributed by atoms with E-state index in [2.05, 4.69) is 9.97 Å². The van der Waals surface area contributed by atoms with Gasteiger partial charge in [-0.25, -0.2) is 4.98 Å². The second-order valence-electron chi connectivity index (χ2n) is 7.42. The molecule has 3 aliphatic heterocycles. The summed E-state index contributed by atoms with van der Waals surface area (Å²) in [6, 6.07) is 9.86. The summed E-state index contributed by atoms with van der Waals surface area (Å²) in [5.74, 6) is 0.177. The molecule has 5 rings (SSSR count). The number of nitrogens with zero attached hydrogens (tertiary/aromatic N) is 4. The maximum atomic E-state index is 12.8. The summed E-state index contributed by atoms with van der Waals surface area (Å²) >= 11 is 0. The van der Waals surface area contributed by atoms with E-state index in [1.807, 2.05) is 40.1 Å². The second-order valence-corrected chi connectivity index (χ2v) is 7.42. The smallest absolute Gasteiger partial charge is 0.274 e. The van der Waals surface area contributed by atoms with E-state index in [0.29, 0.717) is 31.9 Å². The third kappa shape index (κ3) is 4.20. The molecule has 0 saturated carbocycles. The minimum absolute atomic E-state index is 0.000525. The highest BCUT2D eigenvalue weighted by molar-refractivity contribution is 5.92. The summed E-state index contributed by atoms with van der Waals surface area (Å²) in [5, 5.41) is 0. The molecule has 2 amide bonds. The van der Waals surface area contributed by atoms with Crippen molar-refractivity contribution in [1.29, 1.82) is 0 Å². The highest BCUT2D eigenvalue weighted by Crippen LogP contribution is 2.28. The number of amides is 2. The molecule has 7 nitrogen and oxygen atoms in total. The van der Waals surface area contributed by atoms with Crippen LogP contribution in [-0.2, 0) is 16.1 Å².